The molecule has 0 aromatic heterocycles. The average molecular weight is 376 g/mol. The van der Waals surface area contributed by atoms with Crippen LogP contribution >= 0.6 is 0 Å². The van der Waals surface area contributed by atoms with Crippen LogP contribution in [0.3, 0.4) is 0 Å². The van der Waals surface area contributed by atoms with Crippen LogP contribution in [-0.2, 0) is 15.4 Å². The number of nitrogens with one attached hydrogen (secondary N) is 1. The molecule has 0 radical (unpaired) electrons. The van der Waals surface area contributed by atoms with Gasteiger partial charge in [-0.15, -0.1) is 0 Å². The minimum absolute atomic E-state index is 0.00373. The molecular weight excluding hydrogens is 356 g/mol. The molecule has 27 heavy (non-hydrogen) atoms. The molecule has 0 amide bonds. The van der Waals surface area contributed by atoms with Crippen LogP contribution in [0.15, 0.2) is 89.8 Å². The van der Waals surface area contributed by atoms with E-state index >= 15 is 0 Å². The highest BCUT2D eigenvalue weighted by molar-refractivity contribution is 7.89. The van der Waals surface area contributed by atoms with Crippen molar-refractivity contribution < 1.29 is 8.42 Å². The number of sulfonamides is 1. The van der Waals surface area contributed by atoms with E-state index in [0.29, 0.717) is 0 Å². The summed E-state index contributed by atoms with van der Waals surface area (Å²) >= 11 is 0. The molecular formula is C22H20N2O2S. The van der Waals surface area contributed by atoms with E-state index in [1.54, 1.807) is 12.1 Å². The lowest BCUT2D eigenvalue weighted by atomic mass is 9.76. The zero-order valence-corrected chi connectivity index (χ0v) is 15.8. The van der Waals surface area contributed by atoms with E-state index in [9.17, 15) is 13.7 Å². The van der Waals surface area contributed by atoms with Crippen molar-refractivity contribution in [3.05, 3.63) is 102 Å². The molecule has 3 aromatic rings. The van der Waals surface area contributed by atoms with Crippen molar-refractivity contribution in [3.63, 3.8) is 0 Å². The van der Waals surface area contributed by atoms with Crippen LogP contribution in [0.5, 0.6) is 0 Å². The van der Waals surface area contributed by atoms with Crippen LogP contribution in [0.1, 0.15) is 23.6 Å². The quantitative estimate of drug-likeness (QED) is 0.710. The average Bonchev–Trinajstić information content (AvgIpc) is 2.73. The van der Waals surface area contributed by atoms with E-state index in [1.165, 1.54) is 12.1 Å². The third-order valence-electron chi connectivity index (χ3n) is 4.73. The molecule has 0 saturated carbocycles. The maximum Gasteiger partial charge on any atom is 0.241 e. The van der Waals surface area contributed by atoms with Crippen molar-refractivity contribution >= 4 is 10.0 Å². The van der Waals surface area contributed by atoms with E-state index in [1.807, 2.05) is 73.7 Å². The van der Waals surface area contributed by atoms with Crippen molar-refractivity contribution in [2.24, 2.45) is 0 Å². The number of hydrogen-bond donors (Lipinski definition) is 1. The van der Waals surface area contributed by atoms with Gasteiger partial charge in [0, 0.05) is 12.0 Å². The highest BCUT2D eigenvalue weighted by atomic mass is 32.2. The van der Waals surface area contributed by atoms with Crippen LogP contribution in [0, 0.1) is 11.3 Å². The third kappa shape index (κ3) is 3.92. The number of nitrogens with zero attached hydrogens (tertiary/aromatic N) is 1. The molecule has 0 aliphatic heterocycles. The highest BCUT2D eigenvalue weighted by Crippen LogP contribution is 2.31. The lowest BCUT2D eigenvalue weighted by molar-refractivity contribution is 0.531. The van der Waals surface area contributed by atoms with Gasteiger partial charge in [0.05, 0.1) is 10.5 Å². The van der Waals surface area contributed by atoms with Gasteiger partial charge < -0.3 is 0 Å². The van der Waals surface area contributed by atoms with Gasteiger partial charge in [-0.25, -0.2) is 13.1 Å². The molecule has 0 saturated heterocycles. The molecule has 5 heteroatoms. The van der Waals surface area contributed by atoms with Gasteiger partial charge in [-0.3, -0.25) is 0 Å². The van der Waals surface area contributed by atoms with E-state index < -0.39 is 15.4 Å². The second-order valence-corrected chi connectivity index (χ2v) is 8.23. The van der Waals surface area contributed by atoms with Crippen molar-refractivity contribution in [2.75, 3.05) is 6.54 Å². The zero-order chi connectivity index (χ0) is 19.3. The molecule has 0 aliphatic carbocycles. The van der Waals surface area contributed by atoms with Crippen LogP contribution in [0.4, 0.5) is 0 Å². The molecule has 0 spiro atoms. The Morgan fingerprint density at radius 2 is 1.33 bits per heavy atom. The minimum atomic E-state index is -3.82. The molecule has 0 aliphatic rings. The number of hydrogen-bond acceptors (Lipinski definition) is 3. The predicted octanol–water partition coefficient (Wildman–Crippen LogP) is 3.84. The fourth-order valence-corrected chi connectivity index (χ4v) is 4.39. The molecule has 136 valence electrons. The lowest BCUT2D eigenvalue weighted by Crippen LogP contribution is -2.39. The summed E-state index contributed by atoms with van der Waals surface area (Å²) in [6, 6.07) is 27.7. The first-order chi connectivity index (χ1) is 13.0. The second-order valence-electron chi connectivity index (χ2n) is 6.50. The van der Waals surface area contributed by atoms with Gasteiger partial charge in [0.15, 0.2) is 0 Å². The molecule has 0 fully saturated rings. The van der Waals surface area contributed by atoms with Gasteiger partial charge >= 0.3 is 0 Å². The van der Waals surface area contributed by atoms with Crippen molar-refractivity contribution in [1.29, 1.82) is 5.26 Å². The Labute approximate surface area is 160 Å². The fraction of sp³-hybridized carbons (Fsp3) is 0.136. The monoisotopic (exact) mass is 376 g/mol. The Bertz CT molecular complexity index is 1020. The van der Waals surface area contributed by atoms with Gasteiger partial charge in [0.1, 0.15) is 6.07 Å². The van der Waals surface area contributed by atoms with Gasteiger partial charge in [0.2, 0.25) is 10.0 Å². The SMILES string of the molecule is CC(CNS(=O)(=O)c1ccccc1C#N)(c1ccccc1)c1ccccc1. The predicted molar refractivity (Wildman–Crippen MR) is 106 cm³/mol. The van der Waals surface area contributed by atoms with Gasteiger partial charge in [-0.1, -0.05) is 79.7 Å². The van der Waals surface area contributed by atoms with E-state index in [0.717, 1.165) is 11.1 Å². The maximum absolute atomic E-state index is 12.9. The smallest absolute Gasteiger partial charge is 0.210 e. The van der Waals surface area contributed by atoms with Crippen LogP contribution in [0.25, 0.3) is 0 Å². The summed E-state index contributed by atoms with van der Waals surface area (Å²) in [4.78, 5) is -0.00373. The number of rotatable bonds is 6. The normalized spacial score (nSPS) is 11.7. The molecule has 3 rings (SSSR count). The van der Waals surface area contributed by atoms with E-state index in [-0.39, 0.29) is 17.0 Å². The summed E-state index contributed by atoms with van der Waals surface area (Å²) in [5, 5.41) is 9.22. The van der Waals surface area contributed by atoms with Crippen LogP contribution in [0.2, 0.25) is 0 Å². The summed E-state index contributed by atoms with van der Waals surface area (Å²) in [7, 11) is -3.82. The van der Waals surface area contributed by atoms with Gasteiger partial charge in [-0.05, 0) is 23.3 Å². The first kappa shape index (κ1) is 18.8. The van der Waals surface area contributed by atoms with Crippen LogP contribution < -0.4 is 4.72 Å². The Kier molecular flexibility index (Phi) is 5.41. The van der Waals surface area contributed by atoms with Crippen LogP contribution in [-0.4, -0.2) is 15.0 Å². The first-order valence-corrected chi connectivity index (χ1v) is 10.1. The molecule has 0 heterocycles. The van der Waals surface area contributed by atoms with Crippen molar-refractivity contribution in [2.45, 2.75) is 17.2 Å². The molecule has 0 atom stereocenters. The highest BCUT2D eigenvalue weighted by Gasteiger charge is 2.31. The Morgan fingerprint density at radius 3 is 1.85 bits per heavy atom. The third-order valence-corrected chi connectivity index (χ3v) is 6.19. The van der Waals surface area contributed by atoms with Gasteiger partial charge in [0.25, 0.3) is 0 Å². The second kappa shape index (κ2) is 7.75. The minimum Gasteiger partial charge on any atom is -0.210 e. The zero-order valence-electron chi connectivity index (χ0n) is 15.0. The Morgan fingerprint density at radius 1 is 0.852 bits per heavy atom. The van der Waals surface area contributed by atoms with Crippen molar-refractivity contribution in [1.82, 2.24) is 4.72 Å². The Balaban J connectivity index is 1.98. The van der Waals surface area contributed by atoms with E-state index in [2.05, 4.69) is 4.72 Å². The van der Waals surface area contributed by atoms with Gasteiger partial charge in [-0.2, -0.15) is 5.26 Å². The molecule has 4 nitrogen and oxygen atoms in total. The summed E-state index contributed by atoms with van der Waals surface area (Å²) < 4.78 is 28.4. The molecule has 1 N–H and O–H groups in total. The molecule has 0 unspecified atom stereocenters. The van der Waals surface area contributed by atoms with E-state index in [4.69, 9.17) is 0 Å². The molecule has 3 aromatic carbocycles. The molecule has 0 bridgehead atoms. The summed E-state index contributed by atoms with van der Waals surface area (Å²) in [5.74, 6) is 0. The number of nitriles is 1. The van der Waals surface area contributed by atoms with Crippen molar-refractivity contribution in [3.8, 4) is 6.07 Å². The lowest BCUT2D eigenvalue weighted by Gasteiger charge is -2.31. The fourth-order valence-electron chi connectivity index (χ4n) is 3.09. The first-order valence-electron chi connectivity index (χ1n) is 8.57. The number of benzene rings is 3. The standard InChI is InChI=1S/C22H20N2O2S/c1-22(19-11-4-2-5-12-19,20-13-6-3-7-14-20)17-24-27(25,26)21-15-9-8-10-18(21)16-23/h2-15,24H,17H2,1H3. The Hall–Kier alpha value is -2.94. The summed E-state index contributed by atoms with van der Waals surface area (Å²) in [6.07, 6.45) is 0. The maximum atomic E-state index is 12.9. The summed E-state index contributed by atoms with van der Waals surface area (Å²) in [6.45, 7) is 2.18. The largest absolute Gasteiger partial charge is 0.241 e. The summed E-state index contributed by atoms with van der Waals surface area (Å²) in [5.41, 5.74) is 1.59. The topological polar surface area (TPSA) is 70.0 Å².